The highest BCUT2D eigenvalue weighted by Gasteiger charge is 2.45. The van der Waals surface area contributed by atoms with Gasteiger partial charge in [0.25, 0.3) is 5.91 Å². The van der Waals surface area contributed by atoms with Gasteiger partial charge in [0.2, 0.25) is 0 Å². The zero-order valence-electron chi connectivity index (χ0n) is 19.0. The lowest BCUT2D eigenvalue weighted by Gasteiger charge is -2.48. The second-order valence-electron chi connectivity index (χ2n) is 8.92. The molecule has 0 saturated carbocycles. The standard InChI is InChI=1S/C25H30ClNO5S/c1-3-31-19-15-23(18-7-5-4-6-8-18)32-25(17-19)11-13-27(14-12-25)24(28)21-10-9-20(16-22(21)26)33(2,29)30/h4-10,16,19,23H,3,11-15,17H2,1-2H3. The quantitative estimate of drug-likeness (QED) is 0.607. The highest BCUT2D eigenvalue weighted by molar-refractivity contribution is 7.90. The van der Waals surface area contributed by atoms with E-state index in [0.29, 0.717) is 38.1 Å². The minimum atomic E-state index is -3.39. The van der Waals surface area contributed by atoms with E-state index in [1.54, 1.807) is 4.90 Å². The Morgan fingerprint density at radius 1 is 1.18 bits per heavy atom. The maximum absolute atomic E-state index is 13.1. The van der Waals surface area contributed by atoms with Gasteiger partial charge >= 0.3 is 0 Å². The van der Waals surface area contributed by atoms with Crippen LogP contribution in [0.1, 0.15) is 54.6 Å². The van der Waals surface area contributed by atoms with E-state index in [2.05, 4.69) is 12.1 Å². The van der Waals surface area contributed by atoms with Gasteiger partial charge in [-0.05, 0) is 43.5 Å². The summed E-state index contributed by atoms with van der Waals surface area (Å²) in [6.07, 6.45) is 4.27. The molecule has 2 fully saturated rings. The van der Waals surface area contributed by atoms with E-state index in [0.717, 1.165) is 24.7 Å². The van der Waals surface area contributed by atoms with Crippen LogP contribution in [0.15, 0.2) is 53.4 Å². The van der Waals surface area contributed by atoms with Crippen molar-refractivity contribution < 1.29 is 22.7 Å². The van der Waals surface area contributed by atoms with Crippen molar-refractivity contribution in [2.24, 2.45) is 0 Å². The SMILES string of the molecule is CCOC1CC(c2ccccc2)OC2(CCN(C(=O)c3ccc(S(C)(=O)=O)cc3Cl)CC2)C1. The predicted molar refractivity (Wildman–Crippen MR) is 127 cm³/mol. The number of carbonyl (C=O) groups excluding carboxylic acids is 1. The largest absolute Gasteiger partial charge is 0.378 e. The second kappa shape index (κ2) is 9.74. The van der Waals surface area contributed by atoms with E-state index in [9.17, 15) is 13.2 Å². The van der Waals surface area contributed by atoms with E-state index < -0.39 is 9.84 Å². The Morgan fingerprint density at radius 3 is 2.48 bits per heavy atom. The third-order valence-electron chi connectivity index (χ3n) is 6.60. The minimum absolute atomic E-state index is 0.0308. The van der Waals surface area contributed by atoms with E-state index in [4.69, 9.17) is 21.1 Å². The second-order valence-corrected chi connectivity index (χ2v) is 11.3. The normalized spacial score (nSPS) is 22.9. The first kappa shape index (κ1) is 24.2. The van der Waals surface area contributed by atoms with Gasteiger partial charge in [-0.15, -0.1) is 0 Å². The van der Waals surface area contributed by atoms with Gasteiger partial charge in [0.05, 0.1) is 33.3 Å². The molecule has 6 nitrogen and oxygen atoms in total. The monoisotopic (exact) mass is 491 g/mol. The summed E-state index contributed by atoms with van der Waals surface area (Å²) >= 11 is 6.28. The Bertz CT molecular complexity index is 1100. The highest BCUT2D eigenvalue weighted by Crippen LogP contribution is 2.44. The first-order valence-corrected chi connectivity index (χ1v) is 13.6. The number of likely N-dealkylation sites (tertiary alicyclic amines) is 1. The fourth-order valence-electron chi connectivity index (χ4n) is 4.88. The van der Waals surface area contributed by atoms with Crippen molar-refractivity contribution >= 4 is 27.3 Å². The average Bonchev–Trinajstić information content (AvgIpc) is 2.79. The van der Waals surface area contributed by atoms with E-state index in [1.807, 2.05) is 25.1 Å². The van der Waals surface area contributed by atoms with Gasteiger partial charge in [0.15, 0.2) is 9.84 Å². The van der Waals surface area contributed by atoms with Crippen molar-refractivity contribution in [2.75, 3.05) is 26.0 Å². The Hall–Kier alpha value is -1.93. The van der Waals surface area contributed by atoms with Gasteiger partial charge in [0, 0.05) is 38.8 Å². The molecule has 0 aromatic heterocycles. The molecule has 2 saturated heterocycles. The molecule has 1 spiro atoms. The van der Waals surface area contributed by atoms with Crippen LogP contribution >= 0.6 is 11.6 Å². The molecule has 2 aromatic carbocycles. The maximum Gasteiger partial charge on any atom is 0.255 e. The molecular weight excluding hydrogens is 462 g/mol. The highest BCUT2D eigenvalue weighted by atomic mass is 35.5. The summed E-state index contributed by atoms with van der Waals surface area (Å²) in [6, 6.07) is 14.5. The molecule has 8 heteroatoms. The molecule has 2 aliphatic rings. The summed E-state index contributed by atoms with van der Waals surface area (Å²) in [5, 5.41) is 0.151. The van der Waals surface area contributed by atoms with Crippen molar-refractivity contribution in [2.45, 2.75) is 55.3 Å². The fraction of sp³-hybridized carbons (Fsp3) is 0.480. The van der Waals surface area contributed by atoms with Gasteiger partial charge in [-0.25, -0.2) is 8.42 Å². The molecule has 178 valence electrons. The molecule has 2 heterocycles. The number of halogens is 1. The van der Waals surface area contributed by atoms with E-state index in [-0.39, 0.29) is 33.6 Å². The fourth-order valence-corrected chi connectivity index (χ4v) is 5.85. The number of nitrogens with zero attached hydrogens (tertiary/aromatic N) is 1. The number of sulfone groups is 1. The van der Waals surface area contributed by atoms with Gasteiger partial charge in [0.1, 0.15) is 0 Å². The summed E-state index contributed by atoms with van der Waals surface area (Å²) in [7, 11) is -3.39. The number of hydrogen-bond acceptors (Lipinski definition) is 5. The Labute approximate surface area is 200 Å². The summed E-state index contributed by atoms with van der Waals surface area (Å²) in [4.78, 5) is 15.0. The molecule has 0 N–H and O–H groups in total. The van der Waals surface area contributed by atoms with Gasteiger partial charge in [-0.2, -0.15) is 0 Å². The van der Waals surface area contributed by atoms with Gasteiger partial charge in [-0.3, -0.25) is 4.79 Å². The van der Waals surface area contributed by atoms with Crippen LogP contribution in [0.25, 0.3) is 0 Å². The van der Waals surface area contributed by atoms with E-state index in [1.165, 1.54) is 18.2 Å². The van der Waals surface area contributed by atoms with Crippen LogP contribution in [0.4, 0.5) is 0 Å². The summed E-state index contributed by atoms with van der Waals surface area (Å²) in [5.41, 5.74) is 1.13. The molecule has 4 rings (SSSR count). The van der Waals surface area contributed by atoms with E-state index >= 15 is 0 Å². The molecule has 2 unspecified atom stereocenters. The Balaban J connectivity index is 1.48. The van der Waals surface area contributed by atoms with Crippen LogP contribution in [0.5, 0.6) is 0 Å². The van der Waals surface area contributed by atoms with Crippen molar-refractivity contribution in [3.05, 3.63) is 64.7 Å². The summed E-state index contributed by atoms with van der Waals surface area (Å²) < 4.78 is 36.2. The third-order valence-corrected chi connectivity index (χ3v) is 8.03. The van der Waals surface area contributed by atoms with Gasteiger partial charge < -0.3 is 14.4 Å². The van der Waals surface area contributed by atoms with Crippen molar-refractivity contribution in [3.8, 4) is 0 Å². The topological polar surface area (TPSA) is 72.9 Å². The number of amides is 1. The number of benzene rings is 2. The molecule has 2 aromatic rings. The van der Waals surface area contributed by atoms with Gasteiger partial charge in [-0.1, -0.05) is 41.9 Å². The molecule has 2 aliphatic heterocycles. The zero-order chi connectivity index (χ0) is 23.6. The van der Waals surface area contributed by atoms with Crippen LogP contribution in [-0.4, -0.2) is 56.9 Å². The molecule has 2 atom stereocenters. The summed E-state index contributed by atoms with van der Waals surface area (Å²) in [5.74, 6) is -0.188. The number of ether oxygens (including phenoxy) is 2. The first-order chi connectivity index (χ1) is 15.7. The Morgan fingerprint density at radius 2 is 1.88 bits per heavy atom. The Kier molecular flexibility index (Phi) is 7.15. The molecule has 0 radical (unpaired) electrons. The minimum Gasteiger partial charge on any atom is -0.378 e. The maximum atomic E-state index is 13.1. The smallest absolute Gasteiger partial charge is 0.255 e. The molecule has 0 bridgehead atoms. The van der Waals surface area contributed by atoms with Crippen molar-refractivity contribution in [1.29, 1.82) is 0 Å². The molecule has 33 heavy (non-hydrogen) atoms. The molecular formula is C25H30ClNO5S. The molecule has 0 aliphatic carbocycles. The first-order valence-electron chi connectivity index (χ1n) is 11.3. The van der Waals surface area contributed by atoms with Crippen LogP contribution in [0.3, 0.4) is 0 Å². The summed E-state index contributed by atoms with van der Waals surface area (Å²) in [6.45, 7) is 3.77. The van der Waals surface area contributed by atoms with Crippen LogP contribution in [0, 0.1) is 0 Å². The number of rotatable bonds is 5. The van der Waals surface area contributed by atoms with Crippen LogP contribution < -0.4 is 0 Å². The zero-order valence-corrected chi connectivity index (χ0v) is 20.6. The molecule has 1 amide bonds. The lowest BCUT2D eigenvalue weighted by Crippen LogP contribution is -2.52. The van der Waals surface area contributed by atoms with Crippen LogP contribution in [0.2, 0.25) is 5.02 Å². The van der Waals surface area contributed by atoms with Crippen molar-refractivity contribution in [3.63, 3.8) is 0 Å². The van der Waals surface area contributed by atoms with Crippen molar-refractivity contribution in [1.82, 2.24) is 4.90 Å². The average molecular weight is 492 g/mol. The number of carbonyl (C=O) groups is 1. The number of piperidine rings is 1. The third kappa shape index (κ3) is 5.43. The lowest BCUT2D eigenvalue weighted by atomic mass is 9.80. The predicted octanol–water partition coefficient (Wildman–Crippen LogP) is 4.68. The van der Waals surface area contributed by atoms with Crippen LogP contribution in [-0.2, 0) is 19.3 Å². The lowest BCUT2D eigenvalue weighted by molar-refractivity contribution is -0.190. The number of hydrogen-bond donors (Lipinski definition) is 0.